The number of benzene rings is 1. The fourth-order valence-electron chi connectivity index (χ4n) is 2.09. The molecule has 0 saturated carbocycles. The van der Waals surface area contributed by atoms with Crippen molar-refractivity contribution < 1.29 is 14.6 Å². The van der Waals surface area contributed by atoms with Crippen molar-refractivity contribution in [1.29, 1.82) is 0 Å². The van der Waals surface area contributed by atoms with Gasteiger partial charge in [0.1, 0.15) is 0 Å². The first-order valence-electron chi connectivity index (χ1n) is 6.52. The molecule has 1 aromatic carbocycles. The van der Waals surface area contributed by atoms with E-state index in [9.17, 15) is 9.90 Å². The number of aliphatic hydroxyl groups excluding tert-OH is 1. The number of carbonyl (C=O) groups is 1. The zero-order chi connectivity index (χ0) is 13.7. The number of nitrogens with zero attached hydrogens (tertiary/aromatic N) is 1. The van der Waals surface area contributed by atoms with Crippen LogP contribution in [-0.4, -0.2) is 43.9 Å². The molecule has 5 heteroatoms. The molecular weight excluding hydrogens is 244 g/mol. The summed E-state index contributed by atoms with van der Waals surface area (Å²) in [4.78, 5) is 13.1. The Balaban J connectivity index is 1.95. The van der Waals surface area contributed by atoms with Crippen LogP contribution in [-0.2, 0) is 9.53 Å². The van der Waals surface area contributed by atoms with Crippen LogP contribution in [0.25, 0.3) is 0 Å². The fraction of sp³-hybridized carbons (Fsp3) is 0.500. The molecule has 1 aromatic rings. The summed E-state index contributed by atoms with van der Waals surface area (Å²) in [6.07, 6.45) is -0.664. The molecule has 1 aliphatic rings. The lowest BCUT2D eigenvalue weighted by Gasteiger charge is -2.29. The summed E-state index contributed by atoms with van der Waals surface area (Å²) in [5, 5.41) is 12.5. The van der Waals surface area contributed by atoms with Gasteiger partial charge in [0.25, 0.3) is 0 Å². The first kappa shape index (κ1) is 13.8. The van der Waals surface area contributed by atoms with Crippen molar-refractivity contribution in [3.8, 4) is 0 Å². The van der Waals surface area contributed by atoms with E-state index >= 15 is 0 Å². The van der Waals surface area contributed by atoms with Crippen molar-refractivity contribution in [3.05, 3.63) is 29.8 Å². The van der Waals surface area contributed by atoms with Gasteiger partial charge in [-0.15, -0.1) is 0 Å². The molecule has 5 nitrogen and oxygen atoms in total. The molecular formula is C14H20N2O3. The highest BCUT2D eigenvalue weighted by Crippen LogP contribution is 2.19. The Morgan fingerprint density at radius 1 is 1.37 bits per heavy atom. The second-order valence-electron chi connectivity index (χ2n) is 4.64. The number of anilines is 1. The van der Waals surface area contributed by atoms with E-state index in [1.165, 1.54) is 6.92 Å². The Morgan fingerprint density at radius 3 is 2.58 bits per heavy atom. The minimum atomic E-state index is -0.664. The molecule has 1 amide bonds. The van der Waals surface area contributed by atoms with Crippen LogP contribution in [0.3, 0.4) is 0 Å². The van der Waals surface area contributed by atoms with Crippen LogP contribution in [0.15, 0.2) is 24.3 Å². The quantitative estimate of drug-likeness (QED) is 0.840. The molecule has 0 aliphatic carbocycles. The Hall–Kier alpha value is -1.59. The molecule has 0 bridgehead atoms. The maximum atomic E-state index is 10.8. The topological polar surface area (TPSA) is 61.8 Å². The third-order valence-electron chi connectivity index (χ3n) is 3.20. The second kappa shape index (κ2) is 6.54. The molecule has 1 aliphatic heterocycles. The molecule has 1 fully saturated rings. The van der Waals surface area contributed by atoms with Crippen LogP contribution in [0.2, 0.25) is 0 Å². The molecule has 1 atom stereocenters. The van der Waals surface area contributed by atoms with Gasteiger partial charge in [-0.3, -0.25) is 4.79 Å². The largest absolute Gasteiger partial charge is 0.387 e. The highest BCUT2D eigenvalue weighted by atomic mass is 16.5. The molecule has 1 heterocycles. The summed E-state index contributed by atoms with van der Waals surface area (Å²) in [6.45, 7) is 4.99. The Kier molecular flexibility index (Phi) is 4.76. The zero-order valence-corrected chi connectivity index (χ0v) is 11.1. The van der Waals surface area contributed by atoms with E-state index in [4.69, 9.17) is 4.74 Å². The number of amides is 1. The summed E-state index contributed by atoms with van der Waals surface area (Å²) >= 11 is 0. The predicted molar refractivity (Wildman–Crippen MR) is 73.1 cm³/mol. The van der Waals surface area contributed by atoms with Crippen LogP contribution >= 0.6 is 0 Å². The standard InChI is InChI=1S/C14H20N2O3/c1-11(17)15-10-14(18)12-2-4-13(5-3-12)16-6-8-19-9-7-16/h2-5,14,18H,6-10H2,1H3,(H,15,17). The van der Waals surface area contributed by atoms with E-state index in [2.05, 4.69) is 10.2 Å². The molecule has 2 N–H and O–H groups in total. The molecule has 0 spiro atoms. The lowest BCUT2D eigenvalue weighted by molar-refractivity contribution is -0.119. The van der Waals surface area contributed by atoms with E-state index in [0.29, 0.717) is 0 Å². The SMILES string of the molecule is CC(=O)NCC(O)c1ccc(N2CCOCC2)cc1. The van der Waals surface area contributed by atoms with Gasteiger partial charge in [-0.2, -0.15) is 0 Å². The smallest absolute Gasteiger partial charge is 0.216 e. The van der Waals surface area contributed by atoms with Gasteiger partial charge >= 0.3 is 0 Å². The normalized spacial score (nSPS) is 17.1. The lowest BCUT2D eigenvalue weighted by Crippen LogP contribution is -2.36. The number of morpholine rings is 1. The van der Waals surface area contributed by atoms with Gasteiger partial charge in [0, 0.05) is 32.2 Å². The Morgan fingerprint density at radius 2 is 2.00 bits per heavy atom. The highest BCUT2D eigenvalue weighted by molar-refractivity contribution is 5.72. The van der Waals surface area contributed by atoms with Crippen molar-refractivity contribution in [3.63, 3.8) is 0 Å². The summed E-state index contributed by atoms with van der Waals surface area (Å²) in [7, 11) is 0. The van der Waals surface area contributed by atoms with Gasteiger partial charge < -0.3 is 20.1 Å². The molecule has 19 heavy (non-hydrogen) atoms. The highest BCUT2D eigenvalue weighted by Gasteiger charge is 2.12. The van der Waals surface area contributed by atoms with Gasteiger partial charge in [0.2, 0.25) is 5.91 Å². The van der Waals surface area contributed by atoms with Crippen LogP contribution in [0.1, 0.15) is 18.6 Å². The van der Waals surface area contributed by atoms with E-state index in [0.717, 1.165) is 37.6 Å². The number of carbonyl (C=O) groups excluding carboxylic acids is 1. The first-order valence-corrected chi connectivity index (χ1v) is 6.52. The number of ether oxygens (including phenoxy) is 1. The van der Waals surface area contributed by atoms with Crippen molar-refractivity contribution in [2.24, 2.45) is 0 Å². The molecule has 0 aromatic heterocycles. The average Bonchev–Trinajstić information content (AvgIpc) is 2.46. The van der Waals surface area contributed by atoms with Crippen molar-refractivity contribution in [2.75, 3.05) is 37.7 Å². The zero-order valence-electron chi connectivity index (χ0n) is 11.1. The third-order valence-corrected chi connectivity index (χ3v) is 3.20. The number of hydrogen-bond donors (Lipinski definition) is 2. The third kappa shape index (κ3) is 3.94. The molecule has 0 radical (unpaired) electrons. The van der Waals surface area contributed by atoms with E-state index in [-0.39, 0.29) is 12.5 Å². The minimum Gasteiger partial charge on any atom is -0.387 e. The first-order chi connectivity index (χ1) is 9.16. The fourth-order valence-corrected chi connectivity index (χ4v) is 2.09. The van der Waals surface area contributed by atoms with Crippen molar-refractivity contribution >= 4 is 11.6 Å². The monoisotopic (exact) mass is 264 g/mol. The molecule has 1 saturated heterocycles. The number of aliphatic hydroxyl groups is 1. The lowest BCUT2D eigenvalue weighted by atomic mass is 10.1. The van der Waals surface area contributed by atoms with Crippen molar-refractivity contribution in [1.82, 2.24) is 5.32 Å². The summed E-state index contributed by atoms with van der Waals surface area (Å²) in [5.41, 5.74) is 1.95. The van der Waals surface area contributed by atoms with Crippen LogP contribution in [0.4, 0.5) is 5.69 Å². The van der Waals surface area contributed by atoms with E-state index in [1.54, 1.807) is 0 Å². The predicted octanol–water partition coefficient (Wildman–Crippen LogP) is 0.693. The minimum absolute atomic E-state index is 0.135. The Labute approximate surface area is 113 Å². The maximum absolute atomic E-state index is 10.8. The number of hydrogen-bond acceptors (Lipinski definition) is 4. The van der Waals surface area contributed by atoms with Crippen LogP contribution in [0.5, 0.6) is 0 Å². The Bertz CT molecular complexity index is 413. The number of rotatable bonds is 4. The summed E-state index contributed by atoms with van der Waals surface area (Å²) < 4.78 is 5.32. The van der Waals surface area contributed by atoms with Gasteiger partial charge in [0.05, 0.1) is 19.3 Å². The van der Waals surface area contributed by atoms with E-state index < -0.39 is 6.10 Å². The van der Waals surface area contributed by atoms with Crippen LogP contribution in [0, 0.1) is 0 Å². The van der Waals surface area contributed by atoms with E-state index in [1.807, 2.05) is 24.3 Å². The van der Waals surface area contributed by atoms with Crippen LogP contribution < -0.4 is 10.2 Å². The molecule has 2 rings (SSSR count). The van der Waals surface area contributed by atoms with Gasteiger partial charge in [-0.1, -0.05) is 12.1 Å². The van der Waals surface area contributed by atoms with Gasteiger partial charge in [-0.25, -0.2) is 0 Å². The average molecular weight is 264 g/mol. The van der Waals surface area contributed by atoms with Gasteiger partial charge in [0.15, 0.2) is 0 Å². The molecule has 104 valence electrons. The maximum Gasteiger partial charge on any atom is 0.216 e. The van der Waals surface area contributed by atoms with Crippen molar-refractivity contribution in [2.45, 2.75) is 13.0 Å². The van der Waals surface area contributed by atoms with Gasteiger partial charge in [-0.05, 0) is 17.7 Å². The summed E-state index contributed by atoms with van der Waals surface area (Å²) in [6, 6.07) is 7.80. The molecule has 1 unspecified atom stereocenters. The second-order valence-corrected chi connectivity index (χ2v) is 4.64. The number of nitrogens with one attached hydrogen (secondary N) is 1. The summed E-state index contributed by atoms with van der Waals surface area (Å²) in [5.74, 6) is -0.135.